The van der Waals surface area contributed by atoms with Crippen LogP contribution in [-0.4, -0.2) is 35.7 Å². The molecule has 110 valence electrons. The number of carbonyl (C=O) groups is 1. The molecule has 1 atom stereocenters. The monoisotopic (exact) mass is 281 g/mol. The molecule has 1 heterocycles. The van der Waals surface area contributed by atoms with Gasteiger partial charge in [0, 0.05) is 12.1 Å². The summed E-state index contributed by atoms with van der Waals surface area (Å²) in [7, 11) is 1.42. The molecular formula is C15H20FNO3. The van der Waals surface area contributed by atoms with E-state index < -0.39 is 17.8 Å². The van der Waals surface area contributed by atoms with E-state index in [-0.39, 0.29) is 5.75 Å². The summed E-state index contributed by atoms with van der Waals surface area (Å²) < 4.78 is 19.1. The molecule has 1 saturated heterocycles. The average Bonchev–Trinajstić information content (AvgIpc) is 2.66. The van der Waals surface area contributed by atoms with Crippen LogP contribution in [0.1, 0.15) is 31.2 Å². The first-order chi connectivity index (χ1) is 9.63. The molecule has 1 unspecified atom stereocenters. The van der Waals surface area contributed by atoms with Gasteiger partial charge in [-0.25, -0.2) is 4.39 Å². The van der Waals surface area contributed by atoms with Crippen LogP contribution in [-0.2, 0) is 11.3 Å². The van der Waals surface area contributed by atoms with Crippen LogP contribution in [0, 0.1) is 5.82 Å². The number of benzene rings is 1. The van der Waals surface area contributed by atoms with Gasteiger partial charge < -0.3 is 9.84 Å². The number of carboxylic acid groups (broad SMARTS) is 1. The predicted octanol–water partition coefficient (Wildman–Crippen LogP) is 2.66. The van der Waals surface area contributed by atoms with Crippen LogP contribution in [0.4, 0.5) is 4.39 Å². The van der Waals surface area contributed by atoms with Gasteiger partial charge in [-0.2, -0.15) is 0 Å². The Morgan fingerprint density at radius 1 is 1.45 bits per heavy atom. The number of rotatable bonds is 4. The minimum atomic E-state index is -0.824. The van der Waals surface area contributed by atoms with Gasteiger partial charge in [0.15, 0.2) is 11.6 Å². The second-order valence-corrected chi connectivity index (χ2v) is 5.11. The molecule has 1 aliphatic rings. The molecule has 5 heteroatoms. The maximum absolute atomic E-state index is 14.2. The van der Waals surface area contributed by atoms with Gasteiger partial charge in [-0.3, -0.25) is 9.69 Å². The summed E-state index contributed by atoms with van der Waals surface area (Å²) in [5.41, 5.74) is 0.484. The highest BCUT2D eigenvalue weighted by atomic mass is 19.1. The van der Waals surface area contributed by atoms with E-state index >= 15 is 0 Å². The summed E-state index contributed by atoms with van der Waals surface area (Å²) in [5.74, 6) is -1.03. The van der Waals surface area contributed by atoms with Crippen LogP contribution in [0.5, 0.6) is 5.75 Å². The molecule has 0 aliphatic carbocycles. The van der Waals surface area contributed by atoms with Crippen molar-refractivity contribution in [3.8, 4) is 5.75 Å². The zero-order valence-electron chi connectivity index (χ0n) is 11.6. The number of nitrogens with zero attached hydrogens (tertiary/aromatic N) is 1. The van der Waals surface area contributed by atoms with E-state index in [2.05, 4.69) is 0 Å². The van der Waals surface area contributed by atoms with Crippen LogP contribution in [0.25, 0.3) is 0 Å². The summed E-state index contributed by atoms with van der Waals surface area (Å²) in [6, 6.07) is 4.45. The van der Waals surface area contributed by atoms with Gasteiger partial charge in [-0.1, -0.05) is 25.0 Å². The average molecular weight is 281 g/mol. The normalized spacial score (nSPS) is 20.4. The van der Waals surface area contributed by atoms with Crippen molar-refractivity contribution in [3.63, 3.8) is 0 Å². The van der Waals surface area contributed by atoms with Crippen LogP contribution < -0.4 is 4.74 Å². The molecule has 0 amide bonds. The number of ether oxygens (including phenoxy) is 1. The third kappa shape index (κ3) is 3.28. The van der Waals surface area contributed by atoms with Gasteiger partial charge in [0.2, 0.25) is 0 Å². The lowest BCUT2D eigenvalue weighted by Crippen LogP contribution is -2.40. The fourth-order valence-corrected chi connectivity index (χ4v) is 2.69. The zero-order chi connectivity index (χ0) is 14.5. The second kappa shape index (κ2) is 6.70. The van der Waals surface area contributed by atoms with Gasteiger partial charge in [-0.15, -0.1) is 0 Å². The molecular weight excluding hydrogens is 261 g/mol. The fourth-order valence-electron chi connectivity index (χ4n) is 2.69. The van der Waals surface area contributed by atoms with Crippen molar-refractivity contribution in [2.75, 3.05) is 13.7 Å². The van der Waals surface area contributed by atoms with Gasteiger partial charge >= 0.3 is 5.97 Å². The number of hydrogen-bond donors (Lipinski definition) is 1. The maximum atomic E-state index is 14.2. The van der Waals surface area contributed by atoms with E-state index in [1.807, 2.05) is 4.90 Å². The van der Waals surface area contributed by atoms with Gasteiger partial charge in [-0.05, 0) is 25.5 Å². The van der Waals surface area contributed by atoms with Crippen molar-refractivity contribution in [1.82, 2.24) is 4.90 Å². The second-order valence-electron chi connectivity index (χ2n) is 5.11. The topological polar surface area (TPSA) is 49.8 Å². The molecule has 0 spiro atoms. The molecule has 0 bridgehead atoms. The third-order valence-electron chi connectivity index (χ3n) is 3.79. The first kappa shape index (κ1) is 14.8. The van der Waals surface area contributed by atoms with Crippen molar-refractivity contribution in [2.45, 2.75) is 38.3 Å². The molecule has 0 aromatic heterocycles. The minimum Gasteiger partial charge on any atom is -0.494 e. The van der Waals surface area contributed by atoms with E-state index in [4.69, 9.17) is 4.74 Å². The number of aliphatic carboxylic acids is 1. The highest BCUT2D eigenvalue weighted by Gasteiger charge is 2.27. The van der Waals surface area contributed by atoms with Crippen molar-refractivity contribution < 1.29 is 19.0 Å². The summed E-state index contributed by atoms with van der Waals surface area (Å²) in [5, 5.41) is 9.32. The van der Waals surface area contributed by atoms with Crippen molar-refractivity contribution in [1.29, 1.82) is 0 Å². The Kier molecular flexibility index (Phi) is 4.95. The van der Waals surface area contributed by atoms with Crippen LogP contribution in [0.15, 0.2) is 18.2 Å². The summed E-state index contributed by atoms with van der Waals surface area (Å²) in [4.78, 5) is 13.2. The lowest BCUT2D eigenvalue weighted by Gasteiger charge is -2.27. The Morgan fingerprint density at radius 3 is 2.95 bits per heavy atom. The highest BCUT2D eigenvalue weighted by molar-refractivity contribution is 5.73. The lowest BCUT2D eigenvalue weighted by molar-refractivity contribution is -0.143. The number of carboxylic acids is 1. The third-order valence-corrected chi connectivity index (χ3v) is 3.79. The van der Waals surface area contributed by atoms with Crippen LogP contribution in [0.2, 0.25) is 0 Å². The minimum absolute atomic E-state index is 0.198. The standard InChI is InChI=1S/C15H20FNO3/c1-20-13-8-5-6-11(14(13)16)10-17-9-4-2-3-7-12(17)15(18)19/h5-6,8,12H,2-4,7,9-10H2,1H3,(H,18,19). The SMILES string of the molecule is COc1cccc(CN2CCCCCC2C(=O)O)c1F. The Labute approximate surface area is 118 Å². The largest absolute Gasteiger partial charge is 0.494 e. The van der Waals surface area contributed by atoms with E-state index in [1.54, 1.807) is 18.2 Å². The summed E-state index contributed by atoms with van der Waals surface area (Å²) >= 11 is 0. The molecule has 1 fully saturated rings. The van der Waals surface area contributed by atoms with E-state index in [1.165, 1.54) is 7.11 Å². The molecule has 2 rings (SSSR count). The van der Waals surface area contributed by atoms with Gasteiger partial charge in [0.05, 0.1) is 7.11 Å². The maximum Gasteiger partial charge on any atom is 0.320 e. The molecule has 20 heavy (non-hydrogen) atoms. The molecule has 1 aromatic rings. The highest BCUT2D eigenvalue weighted by Crippen LogP contribution is 2.24. The molecule has 0 saturated carbocycles. The van der Waals surface area contributed by atoms with Crippen molar-refractivity contribution in [3.05, 3.63) is 29.6 Å². The first-order valence-corrected chi connectivity index (χ1v) is 6.91. The number of methoxy groups -OCH3 is 1. The number of hydrogen-bond acceptors (Lipinski definition) is 3. The van der Waals surface area contributed by atoms with Gasteiger partial charge in [0.25, 0.3) is 0 Å². The fraction of sp³-hybridized carbons (Fsp3) is 0.533. The molecule has 1 aliphatic heterocycles. The molecule has 0 radical (unpaired) electrons. The quantitative estimate of drug-likeness (QED) is 0.922. The van der Waals surface area contributed by atoms with E-state index in [0.29, 0.717) is 25.1 Å². The predicted molar refractivity (Wildman–Crippen MR) is 73.3 cm³/mol. The summed E-state index contributed by atoms with van der Waals surface area (Å²) in [6.45, 7) is 0.994. The lowest BCUT2D eigenvalue weighted by atomic mass is 10.1. The van der Waals surface area contributed by atoms with Crippen molar-refractivity contribution >= 4 is 5.97 Å². The Bertz CT molecular complexity index is 478. The van der Waals surface area contributed by atoms with Crippen molar-refractivity contribution in [2.24, 2.45) is 0 Å². The Hall–Kier alpha value is -1.62. The number of halogens is 1. The summed E-state index contributed by atoms with van der Waals surface area (Å²) in [6.07, 6.45) is 3.52. The molecule has 1 N–H and O–H groups in total. The smallest absolute Gasteiger partial charge is 0.320 e. The zero-order valence-corrected chi connectivity index (χ0v) is 11.6. The molecule has 1 aromatic carbocycles. The van der Waals surface area contributed by atoms with Crippen LogP contribution in [0.3, 0.4) is 0 Å². The molecule has 4 nitrogen and oxygen atoms in total. The Morgan fingerprint density at radius 2 is 2.25 bits per heavy atom. The first-order valence-electron chi connectivity index (χ1n) is 6.91. The van der Waals surface area contributed by atoms with E-state index in [9.17, 15) is 14.3 Å². The van der Waals surface area contributed by atoms with Gasteiger partial charge in [0.1, 0.15) is 6.04 Å². The van der Waals surface area contributed by atoms with E-state index in [0.717, 1.165) is 19.3 Å². The number of likely N-dealkylation sites (tertiary alicyclic amines) is 1. The Balaban J connectivity index is 2.19. The van der Waals surface area contributed by atoms with Crippen LogP contribution >= 0.6 is 0 Å².